The Kier molecular flexibility index (Phi) is 14.8. The lowest BCUT2D eigenvalue weighted by atomic mass is 10.0. The highest BCUT2D eigenvalue weighted by Crippen LogP contribution is 2.10. The molecule has 0 aliphatic heterocycles. The molecule has 0 aromatic rings. The quantitative estimate of drug-likeness (QED) is 0.245. The first-order valence-corrected chi connectivity index (χ1v) is 9.10. The summed E-state index contributed by atoms with van der Waals surface area (Å²) in [4.78, 5) is 11.8. The molecule has 0 aromatic carbocycles. The van der Waals surface area contributed by atoms with E-state index in [1.54, 1.807) is 0 Å². The van der Waals surface area contributed by atoms with E-state index in [0.29, 0.717) is 5.78 Å². The van der Waals surface area contributed by atoms with Crippen LogP contribution in [0.1, 0.15) is 84.5 Å². The van der Waals surface area contributed by atoms with Crippen LogP contribution in [0.25, 0.3) is 0 Å². The first-order chi connectivity index (χ1) is 11.0. The van der Waals surface area contributed by atoms with Crippen LogP contribution in [-0.4, -0.2) is 19.0 Å². The number of ether oxygens (including phenoxy) is 2. The van der Waals surface area contributed by atoms with Gasteiger partial charge in [-0.3, -0.25) is 4.79 Å². The topological polar surface area (TPSA) is 35.5 Å². The third-order valence-electron chi connectivity index (χ3n) is 3.65. The molecule has 0 rings (SSSR count). The minimum absolute atomic E-state index is 0.417. The van der Waals surface area contributed by atoms with Gasteiger partial charge in [0.1, 0.15) is 5.78 Å². The molecule has 0 saturated heterocycles. The molecule has 134 valence electrons. The number of carbonyl (C=O) groups is 1. The molecule has 23 heavy (non-hydrogen) atoms. The SMILES string of the molecule is C=C(C)OCCCCCCCCC(=O)CCCCCOC(=C)C. The van der Waals surface area contributed by atoms with Gasteiger partial charge in [0, 0.05) is 12.8 Å². The van der Waals surface area contributed by atoms with E-state index in [0.717, 1.165) is 69.7 Å². The second kappa shape index (κ2) is 15.6. The molecule has 3 nitrogen and oxygen atoms in total. The third kappa shape index (κ3) is 18.7. The van der Waals surface area contributed by atoms with Gasteiger partial charge in [-0.25, -0.2) is 0 Å². The molecule has 0 unspecified atom stereocenters. The minimum Gasteiger partial charge on any atom is -0.499 e. The molecule has 0 atom stereocenters. The minimum atomic E-state index is 0.417. The molecular weight excluding hydrogens is 288 g/mol. The molecule has 3 heteroatoms. The number of hydrogen-bond acceptors (Lipinski definition) is 3. The lowest BCUT2D eigenvalue weighted by Gasteiger charge is -2.05. The number of rotatable bonds is 17. The maximum Gasteiger partial charge on any atom is 0.132 e. The number of Topliss-reactive ketones (excluding diaryl/α,β-unsaturated/α-hetero) is 1. The Balaban J connectivity index is 3.21. The highest BCUT2D eigenvalue weighted by atomic mass is 16.5. The normalized spacial score (nSPS) is 10.3. The van der Waals surface area contributed by atoms with Crippen molar-refractivity contribution >= 4 is 5.78 Å². The summed E-state index contributed by atoms with van der Waals surface area (Å²) in [5, 5.41) is 0. The first-order valence-electron chi connectivity index (χ1n) is 9.10. The Morgan fingerprint density at radius 3 is 1.43 bits per heavy atom. The van der Waals surface area contributed by atoms with E-state index >= 15 is 0 Å². The Morgan fingerprint density at radius 1 is 0.652 bits per heavy atom. The number of carbonyl (C=O) groups excluding carboxylic acids is 1. The predicted octanol–water partition coefficient (Wildman–Crippen LogP) is 5.95. The summed E-state index contributed by atoms with van der Waals surface area (Å²) in [6.45, 7) is 12.6. The fourth-order valence-electron chi connectivity index (χ4n) is 2.35. The van der Waals surface area contributed by atoms with Crippen LogP contribution >= 0.6 is 0 Å². The van der Waals surface area contributed by atoms with Crippen LogP contribution in [0.15, 0.2) is 24.7 Å². The van der Waals surface area contributed by atoms with Gasteiger partial charge >= 0.3 is 0 Å². The van der Waals surface area contributed by atoms with Crippen LogP contribution in [0, 0.1) is 0 Å². The van der Waals surface area contributed by atoms with Gasteiger partial charge in [-0.15, -0.1) is 0 Å². The Labute approximate surface area is 143 Å². The van der Waals surface area contributed by atoms with Crippen LogP contribution < -0.4 is 0 Å². The fourth-order valence-corrected chi connectivity index (χ4v) is 2.35. The van der Waals surface area contributed by atoms with Crippen molar-refractivity contribution < 1.29 is 14.3 Å². The zero-order valence-electron chi connectivity index (χ0n) is 15.3. The van der Waals surface area contributed by atoms with Crippen LogP contribution in [0.2, 0.25) is 0 Å². The van der Waals surface area contributed by atoms with Gasteiger partial charge in [0.05, 0.1) is 24.7 Å². The maximum atomic E-state index is 11.8. The highest BCUT2D eigenvalue weighted by molar-refractivity contribution is 5.78. The largest absolute Gasteiger partial charge is 0.499 e. The zero-order chi connectivity index (χ0) is 17.3. The second-order valence-electron chi connectivity index (χ2n) is 6.32. The number of ketones is 1. The summed E-state index contributed by atoms with van der Waals surface area (Å²) in [7, 11) is 0. The van der Waals surface area contributed by atoms with E-state index in [1.807, 2.05) is 13.8 Å². The summed E-state index contributed by atoms with van der Waals surface area (Å²) in [6.07, 6.45) is 11.5. The van der Waals surface area contributed by atoms with Gasteiger partial charge in [0.25, 0.3) is 0 Å². The molecule has 0 fully saturated rings. The standard InChI is InChI=1S/C20H36O3/c1-18(2)22-16-12-8-6-5-7-10-14-20(21)15-11-9-13-17-23-19(3)4/h1,3,5-17H2,2,4H3. The van der Waals surface area contributed by atoms with Crippen molar-refractivity contribution in [3.63, 3.8) is 0 Å². The van der Waals surface area contributed by atoms with E-state index < -0.39 is 0 Å². The van der Waals surface area contributed by atoms with Crippen molar-refractivity contribution in [1.29, 1.82) is 0 Å². The van der Waals surface area contributed by atoms with Gasteiger partial charge in [0.15, 0.2) is 0 Å². The fraction of sp³-hybridized carbons (Fsp3) is 0.750. The number of allylic oxidation sites excluding steroid dienone is 2. The van der Waals surface area contributed by atoms with Gasteiger partial charge in [-0.1, -0.05) is 38.8 Å². The molecule has 0 aliphatic carbocycles. The van der Waals surface area contributed by atoms with E-state index in [2.05, 4.69) is 13.2 Å². The van der Waals surface area contributed by atoms with Gasteiger partial charge in [0.2, 0.25) is 0 Å². The second-order valence-corrected chi connectivity index (χ2v) is 6.32. The lowest BCUT2D eigenvalue weighted by Crippen LogP contribution is -1.99. The average Bonchev–Trinajstić information content (AvgIpc) is 2.48. The Hall–Kier alpha value is -1.25. The lowest BCUT2D eigenvalue weighted by molar-refractivity contribution is -0.119. The van der Waals surface area contributed by atoms with Gasteiger partial charge in [-0.2, -0.15) is 0 Å². The van der Waals surface area contributed by atoms with E-state index in [1.165, 1.54) is 25.7 Å². The molecule has 0 heterocycles. The molecular formula is C20H36O3. The van der Waals surface area contributed by atoms with Crippen molar-refractivity contribution in [3.8, 4) is 0 Å². The molecule has 0 aliphatic rings. The number of hydrogen-bond donors (Lipinski definition) is 0. The molecule has 0 N–H and O–H groups in total. The van der Waals surface area contributed by atoms with Crippen molar-refractivity contribution in [2.24, 2.45) is 0 Å². The molecule has 0 radical (unpaired) electrons. The van der Waals surface area contributed by atoms with Gasteiger partial charge in [-0.05, 0) is 46.0 Å². The van der Waals surface area contributed by atoms with Crippen LogP contribution in [0.4, 0.5) is 0 Å². The van der Waals surface area contributed by atoms with Crippen LogP contribution in [0.5, 0.6) is 0 Å². The summed E-state index contributed by atoms with van der Waals surface area (Å²) < 4.78 is 10.6. The monoisotopic (exact) mass is 324 g/mol. The Bertz CT molecular complexity index is 334. The van der Waals surface area contributed by atoms with Crippen molar-refractivity contribution in [2.75, 3.05) is 13.2 Å². The van der Waals surface area contributed by atoms with Crippen LogP contribution in [0.3, 0.4) is 0 Å². The smallest absolute Gasteiger partial charge is 0.132 e. The summed E-state index contributed by atoms with van der Waals surface area (Å²) in [5.41, 5.74) is 0. The molecule has 0 bridgehead atoms. The maximum absolute atomic E-state index is 11.8. The zero-order valence-corrected chi connectivity index (χ0v) is 15.3. The summed E-state index contributed by atoms with van der Waals surface area (Å²) in [6, 6.07) is 0. The van der Waals surface area contributed by atoms with Crippen molar-refractivity contribution in [2.45, 2.75) is 84.5 Å². The summed E-state index contributed by atoms with van der Waals surface area (Å²) in [5.74, 6) is 1.98. The molecule has 0 aromatic heterocycles. The van der Waals surface area contributed by atoms with E-state index in [9.17, 15) is 4.79 Å². The third-order valence-corrected chi connectivity index (χ3v) is 3.65. The Morgan fingerprint density at radius 2 is 1.00 bits per heavy atom. The average molecular weight is 325 g/mol. The predicted molar refractivity (Wildman–Crippen MR) is 97.3 cm³/mol. The van der Waals surface area contributed by atoms with Crippen LogP contribution in [-0.2, 0) is 14.3 Å². The van der Waals surface area contributed by atoms with Crippen molar-refractivity contribution in [1.82, 2.24) is 0 Å². The van der Waals surface area contributed by atoms with Gasteiger partial charge < -0.3 is 9.47 Å². The summed E-state index contributed by atoms with van der Waals surface area (Å²) >= 11 is 0. The van der Waals surface area contributed by atoms with E-state index in [-0.39, 0.29) is 0 Å². The first kappa shape index (κ1) is 21.8. The highest BCUT2D eigenvalue weighted by Gasteiger charge is 2.02. The molecule has 0 spiro atoms. The van der Waals surface area contributed by atoms with E-state index in [4.69, 9.17) is 9.47 Å². The molecule has 0 saturated carbocycles. The molecule has 0 amide bonds. The van der Waals surface area contributed by atoms with Crippen molar-refractivity contribution in [3.05, 3.63) is 24.7 Å². The number of unbranched alkanes of at least 4 members (excludes halogenated alkanes) is 7.